The third kappa shape index (κ3) is 6.05. The number of nitrogens with zero attached hydrogens (tertiary/aromatic N) is 3. The van der Waals surface area contributed by atoms with Crippen molar-refractivity contribution in [1.29, 1.82) is 0 Å². The summed E-state index contributed by atoms with van der Waals surface area (Å²) in [6.07, 6.45) is 0.844. The Morgan fingerprint density at radius 2 is 1.84 bits per heavy atom. The number of benzene rings is 2. The van der Waals surface area contributed by atoms with Gasteiger partial charge in [-0.05, 0) is 37.2 Å². The van der Waals surface area contributed by atoms with Crippen LogP contribution in [0.1, 0.15) is 29.8 Å². The Morgan fingerprint density at radius 1 is 1.16 bits per heavy atom. The average Bonchev–Trinajstić information content (AvgIpc) is 2.83. The van der Waals surface area contributed by atoms with Gasteiger partial charge in [0.25, 0.3) is 11.6 Å². The number of carbonyl (C=O) groups is 1. The molecule has 1 amide bonds. The Bertz CT molecular complexity index is 896. The van der Waals surface area contributed by atoms with Crippen LogP contribution in [0.25, 0.3) is 0 Å². The molecule has 0 radical (unpaired) electrons. The van der Waals surface area contributed by atoms with Crippen molar-refractivity contribution >= 4 is 17.3 Å². The van der Waals surface area contributed by atoms with Crippen LogP contribution < -0.4 is 5.32 Å². The summed E-state index contributed by atoms with van der Waals surface area (Å²) in [5.74, 6) is -0.201. The number of hydrogen-bond acceptors (Lipinski definition) is 6. The van der Waals surface area contributed by atoms with Crippen LogP contribution in [0, 0.1) is 10.1 Å². The summed E-state index contributed by atoms with van der Waals surface area (Å²) in [5.41, 5.74) is 1.90. The van der Waals surface area contributed by atoms with Crippen LogP contribution >= 0.6 is 0 Å². The van der Waals surface area contributed by atoms with Crippen molar-refractivity contribution in [3.05, 3.63) is 69.8 Å². The number of amides is 1. The summed E-state index contributed by atoms with van der Waals surface area (Å²) in [6.45, 7) is 8.56. The van der Waals surface area contributed by atoms with E-state index < -0.39 is 4.92 Å². The summed E-state index contributed by atoms with van der Waals surface area (Å²) in [6, 6.07) is 15.1. The first-order chi connectivity index (χ1) is 15.5. The van der Waals surface area contributed by atoms with Crippen LogP contribution in [0.2, 0.25) is 0 Å². The van der Waals surface area contributed by atoms with Gasteiger partial charge < -0.3 is 15.0 Å². The number of carbonyl (C=O) groups excluding carboxylic acids is 1. The zero-order valence-corrected chi connectivity index (χ0v) is 18.8. The van der Waals surface area contributed by atoms with E-state index in [-0.39, 0.29) is 17.6 Å². The van der Waals surface area contributed by atoms with Crippen molar-refractivity contribution in [1.82, 2.24) is 9.80 Å². The quantitative estimate of drug-likeness (QED) is 0.450. The van der Waals surface area contributed by atoms with E-state index in [1.165, 1.54) is 11.6 Å². The van der Waals surface area contributed by atoms with Gasteiger partial charge in [-0.1, -0.05) is 44.2 Å². The molecule has 1 heterocycles. The first-order valence-corrected chi connectivity index (χ1v) is 11.2. The third-order valence-corrected chi connectivity index (χ3v) is 5.91. The number of likely N-dealkylation sites (N-methyl/N-ethyl adjacent to an activating group) is 1. The number of nitrogens with one attached hydrogen (secondary N) is 1. The van der Waals surface area contributed by atoms with Crippen molar-refractivity contribution in [3.63, 3.8) is 0 Å². The predicted molar refractivity (Wildman–Crippen MR) is 125 cm³/mol. The highest BCUT2D eigenvalue weighted by Crippen LogP contribution is 2.27. The van der Waals surface area contributed by atoms with Gasteiger partial charge in [-0.25, -0.2) is 0 Å². The molecule has 172 valence electrons. The number of morpholine rings is 1. The van der Waals surface area contributed by atoms with E-state index in [0.29, 0.717) is 44.1 Å². The normalized spacial score (nSPS) is 14.9. The van der Waals surface area contributed by atoms with E-state index in [4.69, 9.17) is 4.74 Å². The van der Waals surface area contributed by atoms with Gasteiger partial charge in [-0.2, -0.15) is 0 Å². The maximum Gasteiger partial charge on any atom is 0.293 e. The molecule has 1 atom stereocenters. The Balaban J connectivity index is 1.76. The zero-order valence-electron chi connectivity index (χ0n) is 18.8. The SMILES string of the molecule is CCN(CC)C(CNc1ccc(C(=O)N2CCOCC2)cc1[N+](=O)[O-])Cc1ccccc1. The highest BCUT2D eigenvalue weighted by molar-refractivity contribution is 5.95. The summed E-state index contributed by atoms with van der Waals surface area (Å²) < 4.78 is 5.29. The zero-order chi connectivity index (χ0) is 22.9. The van der Waals surface area contributed by atoms with Crippen LogP contribution in [0.3, 0.4) is 0 Å². The van der Waals surface area contributed by atoms with Crippen LogP contribution in [0.15, 0.2) is 48.5 Å². The molecule has 2 aromatic carbocycles. The third-order valence-electron chi connectivity index (χ3n) is 5.91. The molecule has 32 heavy (non-hydrogen) atoms. The largest absolute Gasteiger partial charge is 0.378 e. The molecular formula is C24H32N4O4. The van der Waals surface area contributed by atoms with Gasteiger partial charge >= 0.3 is 0 Å². The maximum atomic E-state index is 12.7. The minimum atomic E-state index is -0.429. The van der Waals surface area contributed by atoms with Crippen LogP contribution in [0.4, 0.5) is 11.4 Å². The van der Waals surface area contributed by atoms with E-state index in [0.717, 1.165) is 19.5 Å². The van der Waals surface area contributed by atoms with E-state index >= 15 is 0 Å². The van der Waals surface area contributed by atoms with E-state index in [1.807, 2.05) is 18.2 Å². The molecule has 1 unspecified atom stereocenters. The standard InChI is InChI=1S/C24H32N4O4/c1-3-26(4-2)21(16-19-8-6-5-7-9-19)18-25-22-11-10-20(17-23(22)28(30)31)24(29)27-12-14-32-15-13-27/h5-11,17,21,25H,3-4,12-16,18H2,1-2H3. The minimum Gasteiger partial charge on any atom is -0.378 e. The lowest BCUT2D eigenvalue weighted by Crippen LogP contribution is -2.41. The Labute approximate surface area is 189 Å². The molecule has 2 aromatic rings. The first-order valence-electron chi connectivity index (χ1n) is 11.2. The Hall–Kier alpha value is -2.97. The number of nitro benzene ring substituents is 1. The second-order valence-electron chi connectivity index (χ2n) is 7.84. The fraction of sp³-hybridized carbons (Fsp3) is 0.458. The molecule has 0 aromatic heterocycles. The second kappa shape index (κ2) is 11.6. The first kappa shape index (κ1) is 23.7. The van der Waals surface area contributed by atoms with Gasteiger partial charge in [0.1, 0.15) is 5.69 Å². The number of hydrogen-bond donors (Lipinski definition) is 1. The van der Waals surface area contributed by atoms with Crippen molar-refractivity contribution in [3.8, 4) is 0 Å². The monoisotopic (exact) mass is 440 g/mol. The molecule has 0 spiro atoms. The van der Waals surface area contributed by atoms with Crippen molar-refractivity contribution in [2.24, 2.45) is 0 Å². The smallest absolute Gasteiger partial charge is 0.293 e. The average molecular weight is 441 g/mol. The molecule has 8 heteroatoms. The molecule has 0 aliphatic carbocycles. The molecule has 1 saturated heterocycles. The van der Waals surface area contributed by atoms with E-state index in [1.54, 1.807) is 17.0 Å². The Kier molecular flexibility index (Phi) is 8.58. The highest BCUT2D eigenvalue weighted by Gasteiger charge is 2.24. The van der Waals surface area contributed by atoms with Crippen molar-refractivity contribution in [2.75, 3.05) is 51.3 Å². The van der Waals surface area contributed by atoms with E-state index in [2.05, 4.69) is 36.2 Å². The van der Waals surface area contributed by atoms with Gasteiger partial charge in [0.05, 0.1) is 18.1 Å². The van der Waals surface area contributed by atoms with Crippen molar-refractivity contribution < 1.29 is 14.5 Å². The topological polar surface area (TPSA) is 88.0 Å². The molecule has 1 N–H and O–H groups in total. The minimum absolute atomic E-state index is 0.0814. The van der Waals surface area contributed by atoms with E-state index in [9.17, 15) is 14.9 Å². The number of ether oxygens (including phenoxy) is 1. The highest BCUT2D eigenvalue weighted by atomic mass is 16.6. The number of nitro groups is 1. The van der Waals surface area contributed by atoms with Gasteiger partial charge in [0, 0.05) is 37.3 Å². The fourth-order valence-corrected chi connectivity index (χ4v) is 4.10. The number of anilines is 1. The molecule has 1 fully saturated rings. The molecule has 1 aliphatic heterocycles. The number of rotatable bonds is 10. The predicted octanol–water partition coefficient (Wildman–Crippen LogP) is 3.43. The Morgan fingerprint density at radius 3 is 2.47 bits per heavy atom. The molecule has 3 rings (SSSR count). The van der Waals surface area contributed by atoms with Crippen molar-refractivity contribution in [2.45, 2.75) is 26.3 Å². The van der Waals surface area contributed by atoms with Crippen LogP contribution in [-0.4, -0.2) is 72.6 Å². The fourth-order valence-electron chi connectivity index (χ4n) is 4.10. The van der Waals surface area contributed by atoms with Crippen LogP contribution in [0.5, 0.6) is 0 Å². The summed E-state index contributed by atoms with van der Waals surface area (Å²) >= 11 is 0. The summed E-state index contributed by atoms with van der Waals surface area (Å²) in [5, 5.41) is 15.0. The van der Waals surface area contributed by atoms with Crippen LogP contribution in [-0.2, 0) is 11.2 Å². The summed E-state index contributed by atoms with van der Waals surface area (Å²) in [4.78, 5) is 28.1. The van der Waals surface area contributed by atoms with Gasteiger partial charge in [0.15, 0.2) is 0 Å². The molecule has 0 saturated carbocycles. The lowest BCUT2D eigenvalue weighted by Gasteiger charge is -2.30. The molecular weight excluding hydrogens is 408 g/mol. The van der Waals surface area contributed by atoms with Gasteiger partial charge in [0.2, 0.25) is 0 Å². The summed E-state index contributed by atoms with van der Waals surface area (Å²) in [7, 11) is 0. The van der Waals surface area contributed by atoms with Gasteiger partial charge in [-0.15, -0.1) is 0 Å². The molecule has 1 aliphatic rings. The lowest BCUT2D eigenvalue weighted by atomic mass is 10.0. The molecule has 8 nitrogen and oxygen atoms in total. The van der Waals surface area contributed by atoms with Gasteiger partial charge in [-0.3, -0.25) is 19.8 Å². The molecule has 0 bridgehead atoms. The lowest BCUT2D eigenvalue weighted by molar-refractivity contribution is -0.384. The maximum absolute atomic E-state index is 12.7. The second-order valence-corrected chi connectivity index (χ2v) is 7.84.